The van der Waals surface area contributed by atoms with Gasteiger partial charge in [-0.05, 0) is 24.3 Å². The number of aliphatic hydroxyl groups excluding tert-OH is 1. The number of aromatic nitrogens is 4. The molecule has 22 heavy (non-hydrogen) atoms. The molecule has 1 atom stereocenters. The maximum atomic E-state index is 12.4. The van der Waals surface area contributed by atoms with Crippen LogP contribution in [0.25, 0.3) is 11.0 Å². The maximum absolute atomic E-state index is 12.4. The summed E-state index contributed by atoms with van der Waals surface area (Å²) in [6.07, 6.45) is 1.61. The van der Waals surface area contributed by atoms with E-state index in [1.165, 1.54) is 12.4 Å². The Bertz CT molecular complexity index is 917. The number of rotatable bonds is 1. The third-order valence-corrected chi connectivity index (χ3v) is 3.60. The van der Waals surface area contributed by atoms with E-state index >= 15 is 0 Å². The molecule has 3 aromatic rings. The van der Waals surface area contributed by atoms with Gasteiger partial charge in [0.15, 0.2) is 17.6 Å². The van der Waals surface area contributed by atoms with E-state index in [4.69, 9.17) is 11.6 Å². The molecule has 7 nitrogen and oxygen atoms in total. The highest BCUT2D eigenvalue weighted by atomic mass is 35.5. The van der Waals surface area contributed by atoms with E-state index in [9.17, 15) is 9.90 Å². The van der Waals surface area contributed by atoms with Crippen LogP contribution in [0.5, 0.6) is 0 Å². The Morgan fingerprint density at radius 3 is 2.68 bits per heavy atom. The number of halogens is 1. The van der Waals surface area contributed by atoms with Crippen molar-refractivity contribution >= 4 is 34.4 Å². The monoisotopic (exact) mass is 313 g/mol. The molecule has 0 saturated carbocycles. The predicted octanol–water partition coefficient (Wildman–Crippen LogP) is 1.72. The van der Waals surface area contributed by atoms with E-state index in [0.29, 0.717) is 10.8 Å². The first kappa shape index (κ1) is 13.1. The Labute approximate surface area is 129 Å². The lowest BCUT2D eigenvalue weighted by Gasteiger charge is -2.19. The van der Waals surface area contributed by atoms with Gasteiger partial charge in [0.05, 0.1) is 0 Å². The van der Waals surface area contributed by atoms with Crippen LogP contribution in [0.3, 0.4) is 0 Å². The van der Waals surface area contributed by atoms with Gasteiger partial charge in [0.2, 0.25) is 0 Å². The summed E-state index contributed by atoms with van der Waals surface area (Å²) in [4.78, 5) is 29.9. The van der Waals surface area contributed by atoms with Crippen LogP contribution >= 0.6 is 11.6 Å². The van der Waals surface area contributed by atoms with Gasteiger partial charge in [0, 0.05) is 17.8 Å². The smallest absolute Gasteiger partial charge is 0.282 e. The Kier molecular flexibility index (Phi) is 2.78. The molecule has 4 rings (SSSR count). The van der Waals surface area contributed by atoms with Gasteiger partial charge in [-0.2, -0.15) is 0 Å². The maximum Gasteiger partial charge on any atom is 0.282 e. The van der Waals surface area contributed by atoms with Crippen molar-refractivity contribution in [2.24, 2.45) is 0 Å². The molecule has 0 saturated heterocycles. The quantitative estimate of drug-likeness (QED) is 0.688. The van der Waals surface area contributed by atoms with Crippen LogP contribution in [0.15, 0.2) is 36.7 Å². The second kappa shape index (κ2) is 4.69. The lowest BCUT2D eigenvalue weighted by Crippen LogP contribution is -2.28. The first-order valence-electron chi connectivity index (χ1n) is 6.41. The van der Waals surface area contributed by atoms with Crippen LogP contribution in [0.2, 0.25) is 5.15 Å². The van der Waals surface area contributed by atoms with Crippen LogP contribution in [0.1, 0.15) is 22.4 Å². The molecular formula is C14H8ClN5O2. The molecule has 1 aliphatic heterocycles. The zero-order valence-corrected chi connectivity index (χ0v) is 11.8. The normalized spacial score (nSPS) is 17.1. The minimum Gasteiger partial charge on any atom is -0.367 e. The third kappa shape index (κ3) is 1.83. The van der Waals surface area contributed by atoms with Crippen LogP contribution in [-0.4, -0.2) is 30.9 Å². The van der Waals surface area contributed by atoms with Crippen molar-refractivity contribution in [3.8, 4) is 0 Å². The number of pyridine rings is 2. The molecule has 1 aliphatic rings. The average molecular weight is 314 g/mol. The minimum absolute atomic E-state index is 0.121. The first-order valence-corrected chi connectivity index (χ1v) is 6.79. The third-order valence-electron chi connectivity index (χ3n) is 3.39. The average Bonchev–Trinajstić information content (AvgIpc) is 2.79. The molecule has 0 fully saturated rings. The molecule has 1 amide bonds. The highest BCUT2D eigenvalue weighted by Gasteiger charge is 2.39. The standard InChI is InChI=1S/C14H8ClN5O2/c15-8-3-1-7-2-4-9(19-12(7)18-8)20-13(21)10-11(14(20)22)17-6-5-16-10/h1-6,13,21H. The molecule has 3 aromatic heterocycles. The molecule has 0 aliphatic carbocycles. The summed E-state index contributed by atoms with van der Waals surface area (Å²) >= 11 is 5.86. The largest absolute Gasteiger partial charge is 0.367 e. The zero-order valence-electron chi connectivity index (χ0n) is 11.0. The van der Waals surface area contributed by atoms with Crippen molar-refractivity contribution < 1.29 is 9.90 Å². The van der Waals surface area contributed by atoms with Crippen molar-refractivity contribution in [1.82, 2.24) is 19.9 Å². The summed E-state index contributed by atoms with van der Waals surface area (Å²) in [5.74, 6) is -0.191. The summed E-state index contributed by atoms with van der Waals surface area (Å²) in [5.41, 5.74) is 0.728. The summed E-state index contributed by atoms with van der Waals surface area (Å²) in [5, 5.41) is 11.4. The number of carbonyl (C=O) groups is 1. The Balaban J connectivity index is 1.84. The molecule has 8 heteroatoms. The van der Waals surface area contributed by atoms with Crippen LogP contribution < -0.4 is 4.90 Å². The zero-order chi connectivity index (χ0) is 15.3. The van der Waals surface area contributed by atoms with Crippen LogP contribution in [-0.2, 0) is 0 Å². The van der Waals surface area contributed by atoms with E-state index in [1.807, 2.05) is 0 Å². The van der Waals surface area contributed by atoms with E-state index in [-0.39, 0.29) is 17.2 Å². The van der Waals surface area contributed by atoms with Gasteiger partial charge in [-0.15, -0.1) is 0 Å². The highest BCUT2D eigenvalue weighted by molar-refractivity contribution is 6.29. The second-order valence-corrected chi connectivity index (χ2v) is 5.08. The molecule has 0 spiro atoms. The molecule has 1 N–H and O–H groups in total. The Hall–Kier alpha value is -2.64. The second-order valence-electron chi connectivity index (χ2n) is 4.69. The van der Waals surface area contributed by atoms with Crippen molar-refractivity contribution in [3.63, 3.8) is 0 Å². The molecular weight excluding hydrogens is 306 g/mol. The van der Waals surface area contributed by atoms with Gasteiger partial charge < -0.3 is 5.11 Å². The molecule has 0 bridgehead atoms. The number of hydrogen-bond donors (Lipinski definition) is 1. The van der Waals surface area contributed by atoms with Gasteiger partial charge in [-0.25, -0.2) is 15.0 Å². The summed E-state index contributed by atoms with van der Waals surface area (Å²) in [6.45, 7) is 0. The van der Waals surface area contributed by atoms with Gasteiger partial charge in [0.25, 0.3) is 5.91 Å². The fourth-order valence-corrected chi connectivity index (χ4v) is 2.52. The fourth-order valence-electron chi connectivity index (χ4n) is 2.38. The van der Waals surface area contributed by atoms with Crippen molar-refractivity contribution in [3.05, 3.63) is 53.2 Å². The van der Waals surface area contributed by atoms with Gasteiger partial charge >= 0.3 is 0 Å². The van der Waals surface area contributed by atoms with Crippen molar-refractivity contribution in [2.75, 3.05) is 4.90 Å². The summed E-state index contributed by atoms with van der Waals surface area (Å²) in [6, 6.07) is 6.82. The number of hydrogen-bond acceptors (Lipinski definition) is 6. The van der Waals surface area contributed by atoms with Crippen molar-refractivity contribution in [2.45, 2.75) is 6.23 Å². The number of fused-ring (bicyclic) bond motifs is 2. The molecule has 0 radical (unpaired) electrons. The SMILES string of the molecule is O=C1c2nccnc2C(O)N1c1ccc2ccc(Cl)nc2n1. The first-order chi connectivity index (χ1) is 10.6. The molecule has 0 aromatic carbocycles. The highest BCUT2D eigenvalue weighted by Crippen LogP contribution is 2.33. The van der Waals surface area contributed by atoms with Gasteiger partial charge in [-0.3, -0.25) is 14.7 Å². The van der Waals surface area contributed by atoms with Gasteiger partial charge in [0.1, 0.15) is 16.7 Å². The lowest BCUT2D eigenvalue weighted by atomic mass is 10.3. The minimum atomic E-state index is -1.22. The van der Waals surface area contributed by atoms with Gasteiger partial charge in [-0.1, -0.05) is 11.6 Å². The van der Waals surface area contributed by atoms with E-state index in [0.717, 1.165) is 10.3 Å². The Morgan fingerprint density at radius 1 is 1.09 bits per heavy atom. The summed E-state index contributed by atoms with van der Waals surface area (Å²) < 4.78 is 0. The fraction of sp³-hybridized carbons (Fsp3) is 0.0714. The van der Waals surface area contributed by atoms with Crippen LogP contribution in [0, 0.1) is 0 Å². The molecule has 1 unspecified atom stereocenters. The van der Waals surface area contributed by atoms with Crippen molar-refractivity contribution in [1.29, 1.82) is 0 Å². The van der Waals surface area contributed by atoms with E-state index < -0.39 is 12.1 Å². The number of aliphatic hydroxyl groups is 1. The summed E-state index contributed by atoms with van der Waals surface area (Å²) in [7, 11) is 0. The van der Waals surface area contributed by atoms with Crippen LogP contribution in [0.4, 0.5) is 5.82 Å². The van der Waals surface area contributed by atoms with E-state index in [2.05, 4.69) is 19.9 Å². The Morgan fingerprint density at radius 2 is 1.86 bits per heavy atom. The lowest BCUT2D eigenvalue weighted by molar-refractivity contribution is 0.0929. The number of anilines is 1. The predicted molar refractivity (Wildman–Crippen MR) is 78.3 cm³/mol. The molecule has 4 heterocycles. The molecule has 108 valence electrons. The topological polar surface area (TPSA) is 92.1 Å². The van der Waals surface area contributed by atoms with E-state index in [1.54, 1.807) is 24.3 Å². The number of amides is 1. The number of nitrogens with zero attached hydrogens (tertiary/aromatic N) is 5. The number of carbonyl (C=O) groups excluding carboxylic acids is 1.